The largest absolute Gasteiger partial charge is 0.373 e. The Hall–Kier alpha value is -2.44. The van der Waals surface area contributed by atoms with Gasteiger partial charge in [-0.2, -0.15) is 5.10 Å². The summed E-state index contributed by atoms with van der Waals surface area (Å²) in [5, 5.41) is 7.22. The van der Waals surface area contributed by atoms with Crippen molar-refractivity contribution in [3.8, 4) is 5.69 Å². The number of hydrogen-bond acceptors (Lipinski definition) is 4. The molecule has 3 heterocycles. The number of benzene rings is 1. The van der Waals surface area contributed by atoms with E-state index in [1.807, 2.05) is 48.7 Å². The van der Waals surface area contributed by atoms with Crippen LogP contribution in [0.5, 0.6) is 0 Å². The van der Waals surface area contributed by atoms with Crippen LogP contribution >= 0.6 is 11.3 Å². The number of aromatic nitrogens is 2. The molecule has 1 N–H and O–H groups in total. The molecule has 1 saturated heterocycles. The molecule has 0 aliphatic carbocycles. The van der Waals surface area contributed by atoms with Crippen LogP contribution in [-0.2, 0) is 11.3 Å². The minimum absolute atomic E-state index is 0.0428. The summed E-state index contributed by atoms with van der Waals surface area (Å²) >= 11 is 1.52. The summed E-state index contributed by atoms with van der Waals surface area (Å²) in [5.74, 6) is -0.0428. The number of rotatable bonds is 5. The van der Waals surface area contributed by atoms with Crippen molar-refractivity contribution >= 4 is 17.2 Å². The van der Waals surface area contributed by atoms with E-state index in [0.29, 0.717) is 6.54 Å². The first-order valence-corrected chi connectivity index (χ1v) is 9.20. The van der Waals surface area contributed by atoms with Gasteiger partial charge in [-0.15, -0.1) is 11.3 Å². The van der Waals surface area contributed by atoms with E-state index in [-0.39, 0.29) is 12.0 Å². The lowest BCUT2D eigenvalue weighted by atomic mass is 10.2. The molecule has 0 bridgehead atoms. The molecule has 1 unspecified atom stereocenters. The average molecular weight is 353 g/mol. The molecule has 0 radical (unpaired) electrons. The predicted octanol–water partition coefficient (Wildman–Crippen LogP) is 3.72. The van der Waals surface area contributed by atoms with Crippen molar-refractivity contribution in [2.24, 2.45) is 0 Å². The van der Waals surface area contributed by atoms with E-state index in [2.05, 4.69) is 10.4 Å². The number of carbonyl (C=O) groups is 1. The van der Waals surface area contributed by atoms with Gasteiger partial charge in [-0.05, 0) is 48.7 Å². The summed E-state index contributed by atoms with van der Waals surface area (Å²) < 4.78 is 7.48. The molecule has 1 aliphatic heterocycles. The second-order valence-electron chi connectivity index (χ2n) is 6.01. The summed E-state index contributed by atoms with van der Waals surface area (Å²) in [7, 11) is 0. The highest BCUT2D eigenvalue weighted by molar-refractivity contribution is 7.14. The monoisotopic (exact) mass is 353 g/mol. The third-order valence-electron chi connectivity index (χ3n) is 4.23. The quantitative estimate of drug-likeness (QED) is 0.761. The van der Waals surface area contributed by atoms with Crippen LogP contribution in [0.3, 0.4) is 0 Å². The van der Waals surface area contributed by atoms with Gasteiger partial charge in [0.05, 0.1) is 16.7 Å². The normalized spacial score (nSPS) is 16.9. The molecule has 1 aliphatic rings. The summed E-state index contributed by atoms with van der Waals surface area (Å²) in [6, 6.07) is 13.8. The smallest absolute Gasteiger partial charge is 0.261 e. The second-order valence-corrected chi connectivity index (χ2v) is 7.12. The highest BCUT2D eigenvalue weighted by Crippen LogP contribution is 2.33. The lowest BCUT2D eigenvalue weighted by Gasteiger charge is -2.07. The predicted molar refractivity (Wildman–Crippen MR) is 97.0 cm³/mol. The van der Waals surface area contributed by atoms with E-state index >= 15 is 0 Å². The topological polar surface area (TPSA) is 56.2 Å². The zero-order valence-electron chi connectivity index (χ0n) is 13.7. The Morgan fingerprint density at radius 2 is 2.28 bits per heavy atom. The average Bonchev–Trinajstić information content (AvgIpc) is 3.41. The van der Waals surface area contributed by atoms with Crippen LogP contribution < -0.4 is 5.32 Å². The number of ether oxygens (including phenoxy) is 1. The molecule has 25 heavy (non-hydrogen) atoms. The number of amides is 1. The van der Waals surface area contributed by atoms with E-state index in [4.69, 9.17) is 4.74 Å². The van der Waals surface area contributed by atoms with Gasteiger partial charge in [0.1, 0.15) is 0 Å². The number of nitrogens with one attached hydrogen (secondary N) is 1. The maximum Gasteiger partial charge on any atom is 0.261 e. The van der Waals surface area contributed by atoms with Crippen molar-refractivity contribution in [1.29, 1.82) is 0 Å². The van der Waals surface area contributed by atoms with Crippen LogP contribution in [-0.4, -0.2) is 22.3 Å². The van der Waals surface area contributed by atoms with Gasteiger partial charge in [-0.25, -0.2) is 4.68 Å². The highest BCUT2D eigenvalue weighted by atomic mass is 32.1. The second kappa shape index (κ2) is 7.21. The summed E-state index contributed by atoms with van der Waals surface area (Å²) in [6.07, 6.45) is 5.95. The number of carbonyl (C=O) groups excluding carboxylic acids is 1. The van der Waals surface area contributed by atoms with Crippen molar-refractivity contribution in [1.82, 2.24) is 15.1 Å². The lowest BCUT2D eigenvalue weighted by molar-refractivity contribution is 0.0955. The Labute approximate surface area is 150 Å². The molecule has 128 valence electrons. The minimum Gasteiger partial charge on any atom is -0.373 e. The van der Waals surface area contributed by atoms with Crippen molar-refractivity contribution in [3.05, 3.63) is 70.2 Å². The van der Waals surface area contributed by atoms with Gasteiger partial charge in [-0.3, -0.25) is 4.79 Å². The van der Waals surface area contributed by atoms with Crippen molar-refractivity contribution in [3.63, 3.8) is 0 Å². The Balaban J connectivity index is 1.39. The molecule has 0 spiro atoms. The van der Waals surface area contributed by atoms with Crippen LogP contribution in [0.15, 0.2) is 54.9 Å². The number of nitrogens with zero attached hydrogens (tertiary/aromatic N) is 2. The molecular weight excluding hydrogens is 334 g/mol. The van der Waals surface area contributed by atoms with Crippen LogP contribution in [0.2, 0.25) is 0 Å². The molecule has 1 fully saturated rings. The third-order valence-corrected chi connectivity index (χ3v) is 5.41. The van der Waals surface area contributed by atoms with Gasteiger partial charge in [0, 0.05) is 30.4 Å². The first-order chi connectivity index (χ1) is 12.3. The third kappa shape index (κ3) is 3.65. The molecular formula is C19H19N3O2S. The van der Waals surface area contributed by atoms with E-state index < -0.39 is 0 Å². The van der Waals surface area contributed by atoms with Crippen LogP contribution in [0, 0.1) is 0 Å². The van der Waals surface area contributed by atoms with Crippen LogP contribution in [0.4, 0.5) is 0 Å². The van der Waals surface area contributed by atoms with Crippen molar-refractivity contribution in [2.45, 2.75) is 25.5 Å². The minimum atomic E-state index is -0.0428. The molecule has 1 amide bonds. The van der Waals surface area contributed by atoms with Crippen molar-refractivity contribution in [2.75, 3.05) is 6.61 Å². The van der Waals surface area contributed by atoms with Crippen LogP contribution in [0.1, 0.15) is 39.1 Å². The molecule has 0 saturated carbocycles. The molecule has 1 aromatic carbocycles. The summed E-state index contributed by atoms with van der Waals surface area (Å²) in [4.78, 5) is 14.3. The summed E-state index contributed by atoms with van der Waals surface area (Å²) in [6.45, 7) is 1.30. The summed E-state index contributed by atoms with van der Waals surface area (Å²) in [5.41, 5.74) is 2.02. The van der Waals surface area contributed by atoms with E-state index in [1.165, 1.54) is 11.3 Å². The first-order valence-electron chi connectivity index (χ1n) is 8.38. The Morgan fingerprint density at radius 3 is 3.08 bits per heavy atom. The fourth-order valence-electron chi connectivity index (χ4n) is 2.95. The van der Waals surface area contributed by atoms with E-state index in [0.717, 1.165) is 40.5 Å². The molecule has 6 heteroatoms. The highest BCUT2D eigenvalue weighted by Gasteiger charge is 2.20. The molecule has 5 nitrogen and oxygen atoms in total. The standard InChI is InChI=1S/C19H19N3O2S/c23-19(18-8-7-17(25-18)16-6-2-11-24-16)20-13-14-4-1-5-15(12-14)22-10-3-9-21-22/h1,3-5,7-10,12,16H,2,6,11,13H2,(H,20,23). The first kappa shape index (κ1) is 16.1. The fourth-order valence-corrected chi connectivity index (χ4v) is 3.96. The lowest BCUT2D eigenvalue weighted by Crippen LogP contribution is -2.21. The maximum absolute atomic E-state index is 12.4. The zero-order chi connectivity index (χ0) is 17.1. The number of thiophene rings is 1. The Bertz CT molecular complexity index is 851. The Kier molecular flexibility index (Phi) is 4.63. The van der Waals surface area contributed by atoms with Gasteiger partial charge < -0.3 is 10.1 Å². The molecule has 2 aromatic heterocycles. The Morgan fingerprint density at radius 1 is 1.32 bits per heavy atom. The maximum atomic E-state index is 12.4. The molecule has 3 aromatic rings. The van der Waals surface area contributed by atoms with Gasteiger partial charge in [0.2, 0.25) is 0 Å². The van der Waals surface area contributed by atoms with Gasteiger partial charge in [-0.1, -0.05) is 12.1 Å². The van der Waals surface area contributed by atoms with Crippen molar-refractivity contribution < 1.29 is 9.53 Å². The molecule has 4 rings (SSSR count). The van der Waals surface area contributed by atoms with Gasteiger partial charge in [0.25, 0.3) is 5.91 Å². The van der Waals surface area contributed by atoms with Crippen LogP contribution in [0.25, 0.3) is 5.69 Å². The van der Waals surface area contributed by atoms with Gasteiger partial charge in [0.15, 0.2) is 0 Å². The van der Waals surface area contributed by atoms with E-state index in [9.17, 15) is 4.79 Å². The van der Waals surface area contributed by atoms with E-state index in [1.54, 1.807) is 10.9 Å². The molecule has 1 atom stereocenters. The SMILES string of the molecule is O=C(NCc1cccc(-n2cccn2)c1)c1ccc(C2CCCO2)s1. The van der Waals surface area contributed by atoms with Gasteiger partial charge >= 0.3 is 0 Å². The fraction of sp³-hybridized carbons (Fsp3) is 0.263. The zero-order valence-corrected chi connectivity index (χ0v) is 14.5. The number of hydrogen-bond donors (Lipinski definition) is 1.